The van der Waals surface area contributed by atoms with Crippen LogP contribution in [0.1, 0.15) is 65.2 Å². The minimum atomic E-state index is -0.603. The lowest BCUT2D eigenvalue weighted by atomic mass is 9.46. The molecule has 1 nitrogen and oxygen atoms in total. The van der Waals surface area contributed by atoms with Gasteiger partial charge in [-0.1, -0.05) is 19.4 Å². The van der Waals surface area contributed by atoms with Gasteiger partial charge in [0.2, 0.25) is 0 Å². The Labute approximate surface area is 127 Å². The molecule has 0 radical (unpaired) electrons. The standard InChI is InChI=1S/C19H27FO/c1-18-10-8-17(20)19(18,2)9-7-15-14-5-4-13(21)11-12(14)3-6-16(15)18/h11,14-17H,3-10H2,1-2H3. The summed E-state index contributed by atoms with van der Waals surface area (Å²) in [6, 6.07) is 0. The van der Waals surface area contributed by atoms with E-state index in [9.17, 15) is 9.18 Å². The monoisotopic (exact) mass is 290 g/mol. The molecule has 0 spiro atoms. The van der Waals surface area contributed by atoms with Crippen LogP contribution in [0.2, 0.25) is 0 Å². The Morgan fingerprint density at radius 1 is 1.05 bits per heavy atom. The molecule has 4 rings (SSSR count). The number of allylic oxidation sites excluding steroid dienone is 1. The summed E-state index contributed by atoms with van der Waals surface area (Å²) >= 11 is 0. The van der Waals surface area contributed by atoms with Crippen LogP contribution in [0, 0.1) is 28.6 Å². The highest BCUT2D eigenvalue weighted by molar-refractivity contribution is 5.91. The molecule has 2 heteroatoms. The predicted molar refractivity (Wildman–Crippen MR) is 81.6 cm³/mol. The van der Waals surface area contributed by atoms with E-state index in [0.717, 1.165) is 38.5 Å². The number of hydrogen-bond donors (Lipinski definition) is 0. The molecule has 6 unspecified atom stereocenters. The zero-order chi connectivity index (χ0) is 14.8. The SMILES string of the molecule is CC12CCC3C4CCC(=O)C=C4CCC3C1(C)CCC2F. The maximum absolute atomic E-state index is 14.6. The Morgan fingerprint density at radius 2 is 1.81 bits per heavy atom. The molecule has 0 bridgehead atoms. The minimum Gasteiger partial charge on any atom is -0.295 e. The first kappa shape index (κ1) is 14.0. The quantitative estimate of drug-likeness (QED) is 0.623. The fraction of sp³-hybridized carbons (Fsp3) is 0.842. The van der Waals surface area contributed by atoms with E-state index >= 15 is 0 Å². The lowest BCUT2D eigenvalue weighted by molar-refractivity contribution is -0.117. The predicted octanol–water partition coefficient (Wildman–Crippen LogP) is 4.86. The fourth-order valence-electron chi connectivity index (χ4n) is 6.53. The minimum absolute atomic E-state index is 0.0974. The third kappa shape index (κ3) is 1.71. The molecule has 21 heavy (non-hydrogen) atoms. The third-order valence-corrected chi connectivity index (χ3v) is 8.03. The van der Waals surface area contributed by atoms with Crippen molar-refractivity contribution in [2.75, 3.05) is 0 Å². The molecule has 0 N–H and O–H groups in total. The summed E-state index contributed by atoms with van der Waals surface area (Å²) in [5.41, 5.74) is 1.51. The lowest BCUT2D eigenvalue weighted by Crippen LogP contribution is -2.53. The zero-order valence-electron chi connectivity index (χ0n) is 13.3. The molecular formula is C19H27FO. The van der Waals surface area contributed by atoms with Crippen LogP contribution in [0.4, 0.5) is 4.39 Å². The second kappa shape index (κ2) is 4.43. The van der Waals surface area contributed by atoms with Gasteiger partial charge in [0.1, 0.15) is 6.17 Å². The molecule has 3 saturated carbocycles. The second-order valence-corrected chi connectivity index (χ2v) is 8.52. The average Bonchev–Trinajstić information content (AvgIpc) is 2.71. The van der Waals surface area contributed by atoms with Crippen molar-refractivity contribution in [3.8, 4) is 0 Å². The highest BCUT2D eigenvalue weighted by Crippen LogP contribution is 2.68. The number of fused-ring (bicyclic) bond motifs is 5. The molecule has 6 atom stereocenters. The first-order valence-electron chi connectivity index (χ1n) is 8.83. The van der Waals surface area contributed by atoms with Gasteiger partial charge in [-0.25, -0.2) is 4.39 Å². The van der Waals surface area contributed by atoms with Crippen molar-refractivity contribution in [1.82, 2.24) is 0 Å². The number of carbonyl (C=O) groups excluding carboxylic acids is 1. The van der Waals surface area contributed by atoms with Crippen LogP contribution in [0.3, 0.4) is 0 Å². The average molecular weight is 290 g/mol. The van der Waals surface area contributed by atoms with Crippen molar-refractivity contribution < 1.29 is 9.18 Å². The van der Waals surface area contributed by atoms with Gasteiger partial charge in [0.15, 0.2) is 5.78 Å². The zero-order valence-corrected chi connectivity index (χ0v) is 13.3. The van der Waals surface area contributed by atoms with Crippen LogP contribution in [0.5, 0.6) is 0 Å². The second-order valence-electron chi connectivity index (χ2n) is 8.52. The van der Waals surface area contributed by atoms with Crippen molar-refractivity contribution in [2.45, 2.75) is 71.4 Å². The van der Waals surface area contributed by atoms with Crippen molar-refractivity contribution >= 4 is 5.78 Å². The van der Waals surface area contributed by atoms with Crippen molar-refractivity contribution in [2.24, 2.45) is 28.6 Å². The van der Waals surface area contributed by atoms with Gasteiger partial charge in [0, 0.05) is 11.8 Å². The van der Waals surface area contributed by atoms with Crippen LogP contribution in [0.15, 0.2) is 11.6 Å². The van der Waals surface area contributed by atoms with Gasteiger partial charge in [-0.05, 0) is 74.2 Å². The lowest BCUT2D eigenvalue weighted by Gasteiger charge is -2.58. The Hall–Kier alpha value is -0.660. The van der Waals surface area contributed by atoms with Crippen LogP contribution in [-0.2, 0) is 4.79 Å². The van der Waals surface area contributed by atoms with Gasteiger partial charge in [-0.3, -0.25) is 4.79 Å². The van der Waals surface area contributed by atoms with Crippen LogP contribution >= 0.6 is 0 Å². The Bertz CT molecular complexity index is 510. The number of halogens is 1. The van der Waals surface area contributed by atoms with Crippen molar-refractivity contribution in [3.05, 3.63) is 11.6 Å². The first-order valence-corrected chi connectivity index (χ1v) is 8.83. The third-order valence-electron chi connectivity index (χ3n) is 8.03. The van der Waals surface area contributed by atoms with E-state index in [0.29, 0.717) is 23.5 Å². The normalized spacial score (nSPS) is 52.7. The van der Waals surface area contributed by atoms with E-state index < -0.39 is 6.17 Å². The molecule has 0 saturated heterocycles. The molecule has 0 aliphatic heterocycles. The van der Waals surface area contributed by atoms with Gasteiger partial charge in [0.25, 0.3) is 0 Å². The number of alkyl halides is 1. The Kier molecular flexibility index (Phi) is 2.94. The van der Waals surface area contributed by atoms with Crippen LogP contribution in [0.25, 0.3) is 0 Å². The summed E-state index contributed by atoms with van der Waals surface area (Å²) in [5, 5.41) is 0. The summed E-state index contributed by atoms with van der Waals surface area (Å²) in [6.07, 6.45) is 9.45. The maximum Gasteiger partial charge on any atom is 0.155 e. The van der Waals surface area contributed by atoms with E-state index in [1.165, 1.54) is 18.4 Å². The van der Waals surface area contributed by atoms with Crippen LogP contribution < -0.4 is 0 Å². The highest BCUT2D eigenvalue weighted by atomic mass is 19.1. The molecule has 0 amide bonds. The fourth-order valence-corrected chi connectivity index (χ4v) is 6.53. The summed E-state index contributed by atoms with van der Waals surface area (Å²) < 4.78 is 14.6. The number of carbonyl (C=O) groups is 1. The van der Waals surface area contributed by atoms with Crippen LogP contribution in [-0.4, -0.2) is 12.0 Å². The maximum atomic E-state index is 14.6. The Morgan fingerprint density at radius 3 is 2.62 bits per heavy atom. The number of hydrogen-bond acceptors (Lipinski definition) is 1. The van der Waals surface area contributed by atoms with Gasteiger partial charge in [-0.15, -0.1) is 0 Å². The molecule has 0 aromatic rings. The van der Waals surface area contributed by atoms with E-state index in [4.69, 9.17) is 0 Å². The van der Waals surface area contributed by atoms with Gasteiger partial charge in [0.05, 0.1) is 0 Å². The summed E-state index contributed by atoms with van der Waals surface area (Å²) in [4.78, 5) is 11.7. The van der Waals surface area contributed by atoms with E-state index in [1.807, 2.05) is 6.08 Å². The van der Waals surface area contributed by atoms with E-state index in [-0.39, 0.29) is 10.8 Å². The summed E-state index contributed by atoms with van der Waals surface area (Å²) in [5.74, 6) is 2.34. The summed E-state index contributed by atoms with van der Waals surface area (Å²) in [7, 11) is 0. The van der Waals surface area contributed by atoms with Gasteiger partial charge < -0.3 is 0 Å². The van der Waals surface area contributed by atoms with Gasteiger partial charge in [-0.2, -0.15) is 0 Å². The van der Waals surface area contributed by atoms with Crippen molar-refractivity contribution in [3.63, 3.8) is 0 Å². The highest BCUT2D eigenvalue weighted by Gasteiger charge is 2.63. The molecule has 0 heterocycles. The Balaban J connectivity index is 1.69. The summed E-state index contributed by atoms with van der Waals surface area (Å²) in [6.45, 7) is 4.60. The molecule has 3 fully saturated rings. The van der Waals surface area contributed by atoms with E-state index in [2.05, 4.69) is 13.8 Å². The number of rotatable bonds is 0. The molecule has 116 valence electrons. The molecular weight excluding hydrogens is 263 g/mol. The molecule has 0 aromatic heterocycles. The largest absolute Gasteiger partial charge is 0.295 e. The number of ketones is 1. The first-order chi connectivity index (χ1) is 9.96. The smallest absolute Gasteiger partial charge is 0.155 e. The van der Waals surface area contributed by atoms with Crippen molar-refractivity contribution in [1.29, 1.82) is 0 Å². The molecule has 0 aromatic carbocycles. The molecule has 4 aliphatic carbocycles. The van der Waals surface area contributed by atoms with E-state index in [1.54, 1.807) is 0 Å². The topological polar surface area (TPSA) is 17.1 Å². The van der Waals surface area contributed by atoms with Gasteiger partial charge >= 0.3 is 0 Å². The molecule has 4 aliphatic rings.